The Morgan fingerprint density at radius 2 is 2.23 bits per heavy atom. The van der Waals surface area contributed by atoms with Gasteiger partial charge >= 0.3 is 0 Å². The Bertz CT molecular complexity index is 269. The zero-order chi connectivity index (χ0) is 9.84. The van der Waals surface area contributed by atoms with Crippen molar-refractivity contribution in [2.75, 3.05) is 17.6 Å². The average molecular weight is 184 g/mol. The van der Waals surface area contributed by atoms with Crippen LogP contribution in [0.25, 0.3) is 0 Å². The molecule has 0 amide bonds. The van der Waals surface area contributed by atoms with Gasteiger partial charge in [-0.2, -0.15) is 0 Å². The summed E-state index contributed by atoms with van der Waals surface area (Å²) < 4.78 is 12.8. The lowest BCUT2D eigenvalue weighted by molar-refractivity contribution is 0.208. The number of benzene rings is 1. The molecule has 0 aliphatic rings. The van der Waals surface area contributed by atoms with Crippen LogP contribution in [0, 0.1) is 5.82 Å². The molecule has 0 saturated carbocycles. The molecular formula is C9H13FN2O. The second-order valence-electron chi connectivity index (χ2n) is 3.00. The van der Waals surface area contributed by atoms with Crippen LogP contribution in [-0.4, -0.2) is 17.8 Å². The number of anilines is 2. The minimum atomic E-state index is -0.468. The molecule has 4 N–H and O–H groups in total. The molecule has 0 aromatic heterocycles. The first-order valence-corrected chi connectivity index (χ1v) is 4.06. The molecule has 0 aliphatic heterocycles. The van der Waals surface area contributed by atoms with Crippen LogP contribution in [-0.2, 0) is 0 Å². The number of aliphatic hydroxyl groups is 1. The first-order valence-electron chi connectivity index (χ1n) is 4.06. The van der Waals surface area contributed by atoms with Gasteiger partial charge in [0.2, 0.25) is 0 Å². The molecule has 3 nitrogen and oxygen atoms in total. The van der Waals surface area contributed by atoms with Gasteiger partial charge in [0, 0.05) is 17.9 Å². The van der Waals surface area contributed by atoms with E-state index in [1.807, 2.05) is 0 Å². The Labute approximate surface area is 76.4 Å². The molecule has 1 aromatic rings. The molecule has 0 spiro atoms. The van der Waals surface area contributed by atoms with Crippen molar-refractivity contribution in [3.8, 4) is 0 Å². The van der Waals surface area contributed by atoms with Gasteiger partial charge in [-0.25, -0.2) is 4.39 Å². The largest absolute Gasteiger partial charge is 0.399 e. The van der Waals surface area contributed by atoms with Crippen LogP contribution in [0.3, 0.4) is 0 Å². The van der Waals surface area contributed by atoms with E-state index in [9.17, 15) is 4.39 Å². The molecule has 1 atom stereocenters. The fourth-order valence-corrected chi connectivity index (χ4v) is 0.980. The Morgan fingerprint density at radius 1 is 1.54 bits per heavy atom. The van der Waals surface area contributed by atoms with Crippen LogP contribution in [0.2, 0.25) is 0 Å². The number of nitrogen functional groups attached to an aromatic ring is 1. The van der Waals surface area contributed by atoms with E-state index < -0.39 is 6.10 Å². The molecule has 1 aromatic carbocycles. The number of rotatable bonds is 3. The number of nitrogens with one attached hydrogen (secondary N) is 1. The van der Waals surface area contributed by atoms with Crippen LogP contribution < -0.4 is 11.1 Å². The standard InChI is InChI=1S/C9H13FN2O/c1-6(13)5-12-9-3-7(10)2-8(11)4-9/h2-4,6,12-13H,5,11H2,1H3. The van der Waals surface area contributed by atoms with Crippen molar-refractivity contribution >= 4 is 11.4 Å². The predicted molar refractivity (Wildman–Crippen MR) is 51.0 cm³/mol. The summed E-state index contributed by atoms with van der Waals surface area (Å²) in [5.74, 6) is -0.381. The molecule has 0 saturated heterocycles. The first kappa shape index (κ1) is 9.80. The lowest BCUT2D eigenvalue weighted by Gasteiger charge is -2.08. The molecule has 0 radical (unpaired) electrons. The third kappa shape index (κ3) is 3.29. The lowest BCUT2D eigenvalue weighted by atomic mass is 10.2. The zero-order valence-corrected chi connectivity index (χ0v) is 7.42. The number of aliphatic hydroxyl groups excluding tert-OH is 1. The van der Waals surface area contributed by atoms with E-state index in [2.05, 4.69) is 5.32 Å². The lowest BCUT2D eigenvalue weighted by Crippen LogP contribution is -2.15. The van der Waals surface area contributed by atoms with E-state index in [4.69, 9.17) is 10.8 Å². The van der Waals surface area contributed by atoms with Crippen LogP contribution in [0.4, 0.5) is 15.8 Å². The van der Waals surface area contributed by atoms with Gasteiger partial charge in [0.25, 0.3) is 0 Å². The second-order valence-corrected chi connectivity index (χ2v) is 3.00. The van der Waals surface area contributed by atoms with Gasteiger partial charge in [-0.05, 0) is 25.1 Å². The Balaban J connectivity index is 2.66. The normalized spacial score (nSPS) is 12.5. The topological polar surface area (TPSA) is 58.3 Å². The maximum Gasteiger partial charge on any atom is 0.127 e. The van der Waals surface area contributed by atoms with Gasteiger partial charge in [-0.3, -0.25) is 0 Å². The maximum absolute atomic E-state index is 12.8. The van der Waals surface area contributed by atoms with Gasteiger partial charge in [0.15, 0.2) is 0 Å². The minimum Gasteiger partial charge on any atom is -0.399 e. The average Bonchev–Trinajstić information content (AvgIpc) is 1.99. The van der Waals surface area contributed by atoms with Crippen LogP contribution in [0.5, 0.6) is 0 Å². The van der Waals surface area contributed by atoms with Gasteiger partial charge < -0.3 is 16.2 Å². The molecule has 1 rings (SSSR count). The zero-order valence-electron chi connectivity index (χ0n) is 7.42. The molecule has 0 fully saturated rings. The van der Waals surface area contributed by atoms with Crippen molar-refractivity contribution in [2.24, 2.45) is 0 Å². The van der Waals surface area contributed by atoms with E-state index in [0.717, 1.165) is 0 Å². The van der Waals surface area contributed by atoms with E-state index in [1.165, 1.54) is 12.1 Å². The summed E-state index contributed by atoms with van der Waals surface area (Å²) >= 11 is 0. The maximum atomic E-state index is 12.8. The number of halogens is 1. The fourth-order valence-electron chi connectivity index (χ4n) is 0.980. The van der Waals surface area contributed by atoms with Gasteiger partial charge in [-0.1, -0.05) is 0 Å². The molecule has 0 heterocycles. The minimum absolute atomic E-state index is 0.369. The van der Waals surface area contributed by atoms with Crippen LogP contribution in [0.1, 0.15) is 6.92 Å². The summed E-state index contributed by atoms with van der Waals surface area (Å²) in [6.45, 7) is 2.03. The Morgan fingerprint density at radius 3 is 2.77 bits per heavy atom. The summed E-state index contributed by atoms with van der Waals surface area (Å²) in [7, 11) is 0. The molecule has 72 valence electrons. The van der Waals surface area contributed by atoms with E-state index in [0.29, 0.717) is 17.9 Å². The SMILES string of the molecule is CC(O)CNc1cc(N)cc(F)c1. The van der Waals surface area contributed by atoms with Crippen molar-refractivity contribution in [3.63, 3.8) is 0 Å². The fraction of sp³-hybridized carbons (Fsp3) is 0.333. The quantitative estimate of drug-likeness (QED) is 0.619. The molecular weight excluding hydrogens is 171 g/mol. The first-order chi connectivity index (χ1) is 6.08. The van der Waals surface area contributed by atoms with Crippen LogP contribution >= 0.6 is 0 Å². The summed E-state index contributed by atoms with van der Waals surface area (Å²) in [5, 5.41) is 11.8. The Hall–Kier alpha value is -1.29. The third-order valence-corrected chi connectivity index (χ3v) is 1.52. The number of nitrogens with two attached hydrogens (primary N) is 1. The molecule has 4 heteroatoms. The summed E-state index contributed by atoms with van der Waals surface area (Å²) in [6, 6.07) is 4.19. The van der Waals surface area contributed by atoms with Gasteiger partial charge in [0.05, 0.1) is 6.10 Å². The summed E-state index contributed by atoms with van der Waals surface area (Å²) in [5.41, 5.74) is 6.37. The van der Waals surface area contributed by atoms with Crippen LogP contribution in [0.15, 0.2) is 18.2 Å². The highest BCUT2D eigenvalue weighted by atomic mass is 19.1. The van der Waals surface area contributed by atoms with E-state index in [-0.39, 0.29) is 5.82 Å². The summed E-state index contributed by atoms with van der Waals surface area (Å²) in [6.07, 6.45) is -0.468. The summed E-state index contributed by atoms with van der Waals surface area (Å²) in [4.78, 5) is 0. The van der Waals surface area contributed by atoms with Gasteiger partial charge in [-0.15, -0.1) is 0 Å². The highest BCUT2D eigenvalue weighted by Gasteiger charge is 1.99. The van der Waals surface area contributed by atoms with Crippen molar-refractivity contribution in [3.05, 3.63) is 24.0 Å². The monoisotopic (exact) mass is 184 g/mol. The number of hydrogen-bond donors (Lipinski definition) is 3. The van der Waals surface area contributed by atoms with E-state index in [1.54, 1.807) is 13.0 Å². The van der Waals surface area contributed by atoms with Gasteiger partial charge in [0.1, 0.15) is 5.82 Å². The van der Waals surface area contributed by atoms with Crippen molar-refractivity contribution in [2.45, 2.75) is 13.0 Å². The second kappa shape index (κ2) is 4.09. The third-order valence-electron chi connectivity index (χ3n) is 1.52. The smallest absolute Gasteiger partial charge is 0.127 e. The highest BCUT2D eigenvalue weighted by Crippen LogP contribution is 2.15. The molecule has 0 aliphatic carbocycles. The highest BCUT2D eigenvalue weighted by molar-refractivity contribution is 5.54. The molecule has 0 bridgehead atoms. The molecule has 13 heavy (non-hydrogen) atoms. The predicted octanol–water partition coefficient (Wildman–Crippen LogP) is 1.20. The van der Waals surface area contributed by atoms with Crippen molar-refractivity contribution in [1.82, 2.24) is 0 Å². The molecule has 1 unspecified atom stereocenters. The Kier molecular flexibility index (Phi) is 3.08. The number of hydrogen-bond acceptors (Lipinski definition) is 3. The van der Waals surface area contributed by atoms with Crippen molar-refractivity contribution < 1.29 is 9.50 Å². The van der Waals surface area contributed by atoms with Crippen molar-refractivity contribution in [1.29, 1.82) is 0 Å². The van der Waals surface area contributed by atoms with E-state index >= 15 is 0 Å².